The number of aldehydes is 1. The normalized spacial score (nSPS) is 31.2. The van der Waals surface area contributed by atoms with E-state index in [4.69, 9.17) is 14.6 Å². The fourth-order valence-corrected chi connectivity index (χ4v) is 1.18. The zero-order valence-corrected chi connectivity index (χ0v) is 7.64. The highest BCUT2D eigenvalue weighted by Crippen LogP contribution is 2.24. The molecule has 1 aliphatic heterocycles. The van der Waals surface area contributed by atoms with E-state index in [1.807, 2.05) is 0 Å². The van der Waals surface area contributed by atoms with Gasteiger partial charge in [0, 0.05) is 0 Å². The van der Waals surface area contributed by atoms with Crippen LogP contribution < -0.4 is 0 Å². The van der Waals surface area contributed by atoms with Gasteiger partial charge in [0.25, 0.3) is 0 Å². The van der Waals surface area contributed by atoms with Crippen molar-refractivity contribution in [3.63, 3.8) is 0 Å². The van der Waals surface area contributed by atoms with Crippen LogP contribution in [0.3, 0.4) is 0 Å². The molecule has 1 heterocycles. The smallest absolute Gasteiger partial charge is 0.163 e. The lowest BCUT2D eigenvalue weighted by Crippen LogP contribution is -2.40. The van der Waals surface area contributed by atoms with Gasteiger partial charge in [0.15, 0.2) is 12.1 Å². The maximum atomic E-state index is 10.2. The molecule has 0 bridgehead atoms. The van der Waals surface area contributed by atoms with Gasteiger partial charge in [-0.15, -0.1) is 0 Å². The zero-order valence-electron chi connectivity index (χ0n) is 7.64. The Bertz CT molecular complexity index is 191. The largest absolute Gasteiger partial charge is 0.387 e. The summed E-state index contributed by atoms with van der Waals surface area (Å²) in [5.41, 5.74) is 0. The summed E-state index contributed by atoms with van der Waals surface area (Å²) in [7, 11) is 0. The third-order valence-electron chi connectivity index (χ3n) is 1.90. The van der Waals surface area contributed by atoms with E-state index in [0.29, 0.717) is 0 Å². The lowest BCUT2D eigenvalue weighted by molar-refractivity contribution is -0.161. The molecule has 0 radical (unpaired) electrons. The summed E-state index contributed by atoms with van der Waals surface area (Å²) in [5.74, 6) is -0.756. The van der Waals surface area contributed by atoms with Gasteiger partial charge in [-0.25, -0.2) is 0 Å². The molecule has 0 amide bonds. The average molecular weight is 190 g/mol. The van der Waals surface area contributed by atoms with E-state index < -0.39 is 24.1 Å². The van der Waals surface area contributed by atoms with E-state index in [9.17, 15) is 9.90 Å². The molecular weight excluding hydrogens is 176 g/mol. The van der Waals surface area contributed by atoms with Gasteiger partial charge in [0.05, 0.1) is 6.61 Å². The maximum Gasteiger partial charge on any atom is 0.163 e. The van der Waals surface area contributed by atoms with Gasteiger partial charge < -0.3 is 24.5 Å². The Kier molecular flexibility index (Phi) is 3.02. The minimum absolute atomic E-state index is 0.180. The number of aliphatic hydroxyl groups excluding tert-OH is 2. The second-order valence-corrected chi connectivity index (χ2v) is 3.48. The molecule has 1 fully saturated rings. The second-order valence-electron chi connectivity index (χ2n) is 3.48. The molecule has 5 heteroatoms. The van der Waals surface area contributed by atoms with Crippen LogP contribution in [0.1, 0.15) is 13.8 Å². The first-order valence-corrected chi connectivity index (χ1v) is 4.09. The Morgan fingerprint density at radius 1 is 1.54 bits per heavy atom. The molecule has 1 saturated heterocycles. The molecule has 76 valence electrons. The summed E-state index contributed by atoms with van der Waals surface area (Å²) in [4.78, 5) is 10.2. The molecular formula is C8H14O5. The molecule has 2 N–H and O–H groups in total. The van der Waals surface area contributed by atoms with E-state index in [1.54, 1.807) is 13.8 Å². The van der Waals surface area contributed by atoms with Crippen molar-refractivity contribution >= 4 is 6.29 Å². The SMILES string of the molecule is CC1(C)OCC(C(O)C(O)C=O)O1. The van der Waals surface area contributed by atoms with Crippen molar-refractivity contribution in [1.82, 2.24) is 0 Å². The van der Waals surface area contributed by atoms with Gasteiger partial charge >= 0.3 is 0 Å². The van der Waals surface area contributed by atoms with E-state index >= 15 is 0 Å². The van der Waals surface area contributed by atoms with Gasteiger partial charge in [0.1, 0.15) is 18.3 Å². The highest BCUT2D eigenvalue weighted by atomic mass is 16.7. The van der Waals surface area contributed by atoms with Crippen LogP contribution in [0.4, 0.5) is 0 Å². The van der Waals surface area contributed by atoms with E-state index in [0.717, 1.165) is 0 Å². The lowest BCUT2D eigenvalue weighted by atomic mass is 10.1. The second kappa shape index (κ2) is 3.71. The van der Waals surface area contributed by atoms with Crippen LogP contribution >= 0.6 is 0 Å². The minimum atomic E-state index is -1.41. The predicted octanol–water partition coefficient (Wildman–Crippen LogP) is -0.941. The number of hydrogen-bond acceptors (Lipinski definition) is 5. The van der Waals surface area contributed by atoms with Crippen molar-refractivity contribution in [3.8, 4) is 0 Å². The number of aliphatic hydroxyl groups is 2. The first kappa shape index (κ1) is 10.6. The van der Waals surface area contributed by atoms with Crippen LogP contribution in [0.2, 0.25) is 0 Å². The topological polar surface area (TPSA) is 76.0 Å². The van der Waals surface area contributed by atoms with E-state index in [-0.39, 0.29) is 12.9 Å². The van der Waals surface area contributed by atoms with Crippen LogP contribution in [0.15, 0.2) is 0 Å². The summed E-state index contributed by atoms with van der Waals surface area (Å²) < 4.78 is 10.4. The van der Waals surface area contributed by atoms with Crippen molar-refractivity contribution in [2.24, 2.45) is 0 Å². The minimum Gasteiger partial charge on any atom is -0.387 e. The molecule has 0 aromatic heterocycles. The quantitative estimate of drug-likeness (QED) is 0.562. The molecule has 13 heavy (non-hydrogen) atoms. The summed E-state index contributed by atoms with van der Waals surface area (Å²) in [6, 6.07) is 0. The van der Waals surface area contributed by atoms with Gasteiger partial charge in [-0.1, -0.05) is 0 Å². The molecule has 5 nitrogen and oxygen atoms in total. The molecule has 0 aromatic carbocycles. The highest BCUT2D eigenvalue weighted by molar-refractivity contribution is 5.56. The monoisotopic (exact) mass is 190 g/mol. The van der Waals surface area contributed by atoms with E-state index in [1.165, 1.54) is 0 Å². The first-order chi connectivity index (χ1) is 5.96. The zero-order chi connectivity index (χ0) is 10.1. The van der Waals surface area contributed by atoms with Crippen LogP contribution in [0.25, 0.3) is 0 Å². The third kappa shape index (κ3) is 2.47. The van der Waals surface area contributed by atoms with Crippen molar-refractivity contribution < 1.29 is 24.5 Å². The van der Waals surface area contributed by atoms with E-state index in [2.05, 4.69) is 0 Å². The molecule has 1 rings (SSSR count). The Labute approximate surface area is 76.3 Å². The molecule has 3 unspecified atom stereocenters. The number of rotatable bonds is 3. The van der Waals surface area contributed by atoms with Crippen molar-refractivity contribution in [2.75, 3.05) is 6.61 Å². The van der Waals surface area contributed by atoms with Gasteiger partial charge in [0.2, 0.25) is 0 Å². The van der Waals surface area contributed by atoms with Crippen LogP contribution in [-0.2, 0) is 14.3 Å². The van der Waals surface area contributed by atoms with Crippen molar-refractivity contribution in [1.29, 1.82) is 0 Å². The number of ether oxygens (including phenoxy) is 2. The maximum absolute atomic E-state index is 10.2. The van der Waals surface area contributed by atoms with Crippen LogP contribution in [0, 0.1) is 0 Å². The van der Waals surface area contributed by atoms with Crippen LogP contribution in [-0.4, -0.2) is 47.2 Å². The molecule has 3 atom stereocenters. The standard InChI is InChI=1S/C8H14O5/c1-8(2)12-4-6(13-8)7(11)5(10)3-9/h3,5-7,10-11H,4H2,1-2H3. The number of hydrogen-bond donors (Lipinski definition) is 2. The first-order valence-electron chi connectivity index (χ1n) is 4.09. The summed E-state index contributed by atoms with van der Waals surface area (Å²) in [6.45, 7) is 3.58. The van der Waals surface area contributed by atoms with Gasteiger partial charge in [-0.05, 0) is 13.8 Å². The Morgan fingerprint density at radius 3 is 2.54 bits per heavy atom. The average Bonchev–Trinajstić information content (AvgIpc) is 2.43. The Balaban J connectivity index is 2.51. The Morgan fingerprint density at radius 2 is 2.15 bits per heavy atom. The lowest BCUT2D eigenvalue weighted by Gasteiger charge is -2.21. The van der Waals surface area contributed by atoms with Crippen molar-refractivity contribution in [3.05, 3.63) is 0 Å². The molecule has 1 aliphatic rings. The highest BCUT2D eigenvalue weighted by Gasteiger charge is 2.39. The number of carbonyl (C=O) groups is 1. The number of carbonyl (C=O) groups excluding carboxylic acids is 1. The van der Waals surface area contributed by atoms with Gasteiger partial charge in [-0.2, -0.15) is 0 Å². The molecule has 0 aromatic rings. The van der Waals surface area contributed by atoms with Crippen LogP contribution in [0.5, 0.6) is 0 Å². The molecule has 0 aliphatic carbocycles. The Hall–Kier alpha value is -0.490. The molecule has 0 saturated carbocycles. The third-order valence-corrected chi connectivity index (χ3v) is 1.90. The van der Waals surface area contributed by atoms with Gasteiger partial charge in [-0.3, -0.25) is 0 Å². The predicted molar refractivity (Wildman–Crippen MR) is 43.0 cm³/mol. The fraction of sp³-hybridized carbons (Fsp3) is 0.875. The fourth-order valence-electron chi connectivity index (χ4n) is 1.18. The van der Waals surface area contributed by atoms with Crippen molar-refractivity contribution in [2.45, 2.75) is 37.9 Å². The molecule has 0 spiro atoms. The summed E-state index contributed by atoms with van der Waals surface area (Å²) >= 11 is 0. The summed E-state index contributed by atoms with van der Waals surface area (Å²) in [5, 5.41) is 18.4. The summed E-state index contributed by atoms with van der Waals surface area (Å²) in [6.07, 6.45) is -3.00.